The van der Waals surface area contributed by atoms with Crippen LogP contribution in [0.2, 0.25) is 0 Å². The predicted octanol–water partition coefficient (Wildman–Crippen LogP) is 3.20. The highest BCUT2D eigenvalue weighted by Crippen LogP contribution is 2.31. The molecule has 2 fully saturated rings. The average Bonchev–Trinajstić information content (AvgIpc) is 2.88. The molecule has 0 aliphatic carbocycles. The zero-order chi connectivity index (χ0) is 15.7. The van der Waals surface area contributed by atoms with Gasteiger partial charge in [-0.2, -0.15) is 0 Å². The molecule has 0 spiro atoms. The Morgan fingerprint density at radius 2 is 1.96 bits per heavy atom. The minimum absolute atomic E-state index is 0. The third-order valence-electron chi connectivity index (χ3n) is 4.48. The van der Waals surface area contributed by atoms with Crippen molar-refractivity contribution in [1.29, 1.82) is 0 Å². The summed E-state index contributed by atoms with van der Waals surface area (Å²) in [4.78, 5) is 13.5. The number of halogens is 4. The smallest absolute Gasteiger partial charge is 0.267 e. The van der Waals surface area contributed by atoms with Gasteiger partial charge in [0.15, 0.2) is 0 Å². The molecule has 0 saturated carbocycles. The van der Waals surface area contributed by atoms with Gasteiger partial charge in [0, 0.05) is 18.5 Å². The summed E-state index contributed by atoms with van der Waals surface area (Å²) in [7, 11) is 0. The van der Waals surface area contributed by atoms with E-state index < -0.39 is 18.4 Å². The van der Waals surface area contributed by atoms with Crippen molar-refractivity contribution in [2.45, 2.75) is 31.1 Å². The summed E-state index contributed by atoms with van der Waals surface area (Å²) in [6.45, 7) is 1.14. The highest BCUT2D eigenvalue weighted by atomic mass is 35.5. The Hall–Kier alpha value is -1.27. The molecule has 0 radical (unpaired) electrons. The molecule has 128 valence electrons. The van der Waals surface area contributed by atoms with Crippen LogP contribution in [0.15, 0.2) is 18.2 Å². The number of carbonyl (C=O) groups is 1. The van der Waals surface area contributed by atoms with Crippen LogP contribution in [0.1, 0.15) is 41.1 Å². The number of hydrogen-bond acceptors (Lipinski definition) is 2. The van der Waals surface area contributed by atoms with Crippen molar-refractivity contribution in [2.24, 2.45) is 0 Å². The Kier molecular flexibility index (Phi) is 5.57. The van der Waals surface area contributed by atoms with E-state index in [9.17, 15) is 18.0 Å². The molecule has 2 heterocycles. The summed E-state index contributed by atoms with van der Waals surface area (Å²) >= 11 is 0. The molecule has 23 heavy (non-hydrogen) atoms. The topological polar surface area (TPSA) is 32.3 Å². The van der Waals surface area contributed by atoms with Gasteiger partial charge in [-0.05, 0) is 55.6 Å². The van der Waals surface area contributed by atoms with Gasteiger partial charge < -0.3 is 10.2 Å². The molecule has 3 nitrogen and oxygen atoms in total. The van der Waals surface area contributed by atoms with Crippen LogP contribution in [0.3, 0.4) is 0 Å². The van der Waals surface area contributed by atoms with E-state index >= 15 is 0 Å². The van der Waals surface area contributed by atoms with Gasteiger partial charge in [-0.1, -0.05) is 0 Å². The molecular formula is C16H20ClF3N2O. The lowest BCUT2D eigenvalue weighted by molar-refractivity contribution is 0.0120. The molecule has 0 unspecified atom stereocenters. The molecule has 0 aromatic heterocycles. The SMILES string of the molecule is Cl.O=C(c1ccc(F)c(C2CCNCC2)c1)N1CCC(F)(F)C1. The van der Waals surface area contributed by atoms with Crippen molar-refractivity contribution < 1.29 is 18.0 Å². The molecule has 2 saturated heterocycles. The normalized spacial score (nSPS) is 21.1. The largest absolute Gasteiger partial charge is 0.332 e. The quantitative estimate of drug-likeness (QED) is 0.890. The van der Waals surface area contributed by atoms with Gasteiger partial charge >= 0.3 is 0 Å². The van der Waals surface area contributed by atoms with Crippen molar-refractivity contribution in [3.63, 3.8) is 0 Å². The summed E-state index contributed by atoms with van der Waals surface area (Å²) < 4.78 is 40.5. The lowest BCUT2D eigenvalue weighted by Crippen LogP contribution is -2.31. The van der Waals surface area contributed by atoms with Crippen molar-refractivity contribution >= 4 is 18.3 Å². The molecule has 0 atom stereocenters. The van der Waals surface area contributed by atoms with E-state index in [-0.39, 0.29) is 37.1 Å². The number of rotatable bonds is 2. The Bertz CT molecular complexity index is 576. The highest BCUT2D eigenvalue weighted by Gasteiger charge is 2.40. The summed E-state index contributed by atoms with van der Waals surface area (Å²) in [6, 6.07) is 4.21. The number of benzene rings is 1. The molecule has 2 aliphatic rings. The predicted molar refractivity (Wildman–Crippen MR) is 84.0 cm³/mol. The number of likely N-dealkylation sites (tertiary alicyclic amines) is 1. The second-order valence-corrected chi connectivity index (χ2v) is 6.09. The van der Waals surface area contributed by atoms with Gasteiger partial charge in [0.25, 0.3) is 11.8 Å². The van der Waals surface area contributed by atoms with Gasteiger partial charge in [-0.15, -0.1) is 12.4 Å². The first-order chi connectivity index (χ1) is 10.5. The van der Waals surface area contributed by atoms with Crippen LogP contribution in [0.4, 0.5) is 13.2 Å². The average molecular weight is 349 g/mol. The molecular weight excluding hydrogens is 329 g/mol. The van der Waals surface area contributed by atoms with Crippen LogP contribution in [-0.4, -0.2) is 42.9 Å². The van der Waals surface area contributed by atoms with Gasteiger partial charge in [-0.25, -0.2) is 13.2 Å². The maximum absolute atomic E-state index is 14.1. The standard InChI is InChI=1S/C16H19F3N2O.ClH/c17-14-2-1-12(9-13(14)11-3-6-20-7-4-11)15(22)21-8-5-16(18,19)10-21;/h1-2,9,11,20H,3-8,10H2;1H. The van der Waals surface area contributed by atoms with Crippen LogP contribution in [0.5, 0.6) is 0 Å². The number of piperidine rings is 1. The molecule has 1 amide bonds. The van der Waals surface area contributed by atoms with E-state index in [1.807, 2.05) is 0 Å². The molecule has 3 rings (SSSR count). The first-order valence-electron chi connectivity index (χ1n) is 7.63. The highest BCUT2D eigenvalue weighted by molar-refractivity contribution is 5.94. The first kappa shape index (κ1) is 18.1. The summed E-state index contributed by atoms with van der Waals surface area (Å²) in [5.41, 5.74) is 0.825. The fourth-order valence-corrected chi connectivity index (χ4v) is 3.21. The van der Waals surface area contributed by atoms with Crippen LogP contribution in [0, 0.1) is 5.82 Å². The van der Waals surface area contributed by atoms with Crippen LogP contribution in [0.25, 0.3) is 0 Å². The number of carbonyl (C=O) groups excluding carboxylic acids is 1. The van der Waals surface area contributed by atoms with Crippen LogP contribution in [-0.2, 0) is 0 Å². The van der Waals surface area contributed by atoms with Gasteiger partial charge in [-0.3, -0.25) is 4.79 Å². The van der Waals surface area contributed by atoms with Crippen molar-refractivity contribution in [3.8, 4) is 0 Å². The Morgan fingerprint density at radius 1 is 1.26 bits per heavy atom. The molecule has 0 bridgehead atoms. The van der Waals surface area contributed by atoms with E-state index in [0.717, 1.165) is 30.8 Å². The van der Waals surface area contributed by atoms with Gasteiger partial charge in [0.1, 0.15) is 5.82 Å². The number of hydrogen-bond donors (Lipinski definition) is 1. The monoisotopic (exact) mass is 348 g/mol. The van der Waals surface area contributed by atoms with Gasteiger partial charge in [0.2, 0.25) is 0 Å². The Labute approximate surface area is 139 Å². The lowest BCUT2D eigenvalue weighted by Gasteiger charge is -2.24. The van der Waals surface area contributed by atoms with E-state index in [1.54, 1.807) is 6.07 Å². The van der Waals surface area contributed by atoms with E-state index in [2.05, 4.69) is 5.32 Å². The van der Waals surface area contributed by atoms with Crippen molar-refractivity contribution in [3.05, 3.63) is 35.1 Å². The fourth-order valence-electron chi connectivity index (χ4n) is 3.21. The number of amides is 1. The Balaban J connectivity index is 0.00000192. The number of alkyl halides is 2. The maximum atomic E-state index is 14.1. The summed E-state index contributed by atoms with van der Waals surface area (Å²) in [5.74, 6) is -3.50. The minimum Gasteiger partial charge on any atom is -0.332 e. The number of nitrogens with one attached hydrogen (secondary N) is 1. The molecule has 1 aromatic rings. The third-order valence-corrected chi connectivity index (χ3v) is 4.48. The Morgan fingerprint density at radius 3 is 2.57 bits per heavy atom. The van der Waals surface area contributed by atoms with E-state index in [0.29, 0.717) is 11.1 Å². The molecule has 1 aromatic carbocycles. The maximum Gasteiger partial charge on any atom is 0.267 e. The van der Waals surface area contributed by atoms with Crippen LogP contribution >= 0.6 is 12.4 Å². The van der Waals surface area contributed by atoms with Crippen LogP contribution < -0.4 is 5.32 Å². The second kappa shape index (κ2) is 7.09. The first-order valence-corrected chi connectivity index (χ1v) is 7.63. The van der Waals surface area contributed by atoms with Gasteiger partial charge in [0.05, 0.1) is 6.54 Å². The van der Waals surface area contributed by atoms with E-state index in [4.69, 9.17) is 0 Å². The molecule has 1 N–H and O–H groups in total. The number of nitrogens with zero attached hydrogens (tertiary/aromatic N) is 1. The van der Waals surface area contributed by atoms with Crippen molar-refractivity contribution in [2.75, 3.05) is 26.2 Å². The molecule has 7 heteroatoms. The third kappa shape index (κ3) is 3.98. The zero-order valence-electron chi connectivity index (χ0n) is 12.7. The summed E-state index contributed by atoms with van der Waals surface area (Å²) in [5, 5.41) is 3.21. The summed E-state index contributed by atoms with van der Waals surface area (Å²) in [6.07, 6.45) is 1.33. The lowest BCUT2D eigenvalue weighted by atomic mass is 9.89. The fraction of sp³-hybridized carbons (Fsp3) is 0.562. The second-order valence-electron chi connectivity index (χ2n) is 6.09. The van der Waals surface area contributed by atoms with E-state index in [1.165, 1.54) is 12.1 Å². The molecule has 2 aliphatic heterocycles. The van der Waals surface area contributed by atoms with Crippen molar-refractivity contribution in [1.82, 2.24) is 10.2 Å². The zero-order valence-corrected chi connectivity index (χ0v) is 13.5. The minimum atomic E-state index is -2.81.